The van der Waals surface area contributed by atoms with Crippen LogP contribution in [0.2, 0.25) is 0 Å². The number of rotatable bonds is 4. The number of piperazine rings is 1. The number of nitrogens with one attached hydrogen (secondary N) is 2. The van der Waals surface area contributed by atoms with Crippen molar-refractivity contribution in [3.63, 3.8) is 0 Å². The fourth-order valence-corrected chi connectivity index (χ4v) is 5.33. The second-order valence-electron chi connectivity index (χ2n) is 6.28. The molecule has 134 valence electrons. The average molecular weight is 381 g/mol. The largest absolute Gasteiger partial charge is 0.335 e. The van der Waals surface area contributed by atoms with Crippen molar-refractivity contribution in [1.82, 2.24) is 4.31 Å². The van der Waals surface area contributed by atoms with E-state index in [0.717, 1.165) is 35.7 Å². The summed E-state index contributed by atoms with van der Waals surface area (Å²) in [5, 5.41) is 4.39. The van der Waals surface area contributed by atoms with Crippen molar-refractivity contribution in [2.75, 3.05) is 38.5 Å². The molecule has 1 amide bonds. The maximum Gasteiger partial charge on any atom is 0.265 e. The lowest BCUT2D eigenvalue weighted by atomic mass is 10.2. The van der Waals surface area contributed by atoms with Crippen molar-refractivity contribution < 1.29 is 18.1 Å². The van der Waals surface area contributed by atoms with Gasteiger partial charge in [0.1, 0.15) is 0 Å². The number of benzene rings is 1. The number of quaternary nitrogens is 1. The average Bonchev–Trinajstić information content (AvgIpc) is 3.08. The molecule has 25 heavy (non-hydrogen) atoms. The Balaban J connectivity index is 1.75. The number of carbonyl (C=O) groups is 1. The number of likely N-dealkylation sites (N-methyl/N-ethyl adjacent to an activating group) is 1. The quantitative estimate of drug-likeness (QED) is 0.825. The Hall–Kier alpha value is -1.74. The fraction of sp³-hybridized carbons (Fsp3) is 0.353. The summed E-state index contributed by atoms with van der Waals surface area (Å²) in [5.41, 5.74) is 1.69. The highest BCUT2D eigenvalue weighted by molar-refractivity contribution is 7.89. The van der Waals surface area contributed by atoms with Gasteiger partial charge in [-0.15, -0.1) is 11.3 Å². The molecule has 0 atom stereocenters. The molecule has 1 aromatic heterocycles. The summed E-state index contributed by atoms with van der Waals surface area (Å²) >= 11 is 1.15. The molecular weight excluding hydrogens is 358 g/mol. The van der Waals surface area contributed by atoms with Crippen LogP contribution in [0, 0.1) is 6.92 Å². The van der Waals surface area contributed by atoms with Gasteiger partial charge in [0.15, 0.2) is 0 Å². The van der Waals surface area contributed by atoms with Gasteiger partial charge in [0, 0.05) is 11.1 Å². The molecule has 2 heterocycles. The first-order valence-corrected chi connectivity index (χ1v) is 10.5. The molecule has 0 aliphatic carbocycles. The molecule has 0 spiro atoms. The van der Waals surface area contributed by atoms with E-state index in [1.807, 2.05) is 31.2 Å². The topological polar surface area (TPSA) is 70.9 Å². The molecule has 1 fully saturated rings. The minimum atomic E-state index is -3.53. The Morgan fingerprint density at radius 1 is 1.24 bits per heavy atom. The summed E-state index contributed by atoms with van der Waals surface area (Å²) in [4.78, 5) is 14.3. The third-order valence-electron chi connectivity index (χ3n) is 4.41. The summed E-state index contributed by atoms with van der Waals surface area (Å²) in [7, 11) is -1.47. The maximum atomic E-state index is 12.7. The van der Waals surface area contributed by atoms with Crippen LogP contribution in [0.5, 0.6) is 0 Å². The third-order valence-corrected chi connectivity index (χ3v) is 7.36. The van der Waals surface area contributed by atoms with Gasteiger partial charge in [0.05, 0.1) is 43.0 Å². The van der Waals surface area contributed by atoms with Crippen molar-refractivity contribution in [1.29, 1.82) is 0 Å². The van der Waals surface area contributed by atoms with E-state index in [0.29, 0.717) is 18.0 Å². The number of hydrogen-bond donors (Lipinski definition) is 2. The molecule has 1 saturated heterocycles. The first-order valence-electron chi connectivity index (χ1n) is 8.15. The summed E-state index contributed by atoms with van der Waals surface area (Å²) in [5.74, 6) is -0.288. The Morgan fingerprint density at radius 2 is 1.92 bits per heavy atom. The summed E-state index contributed by atoms with van der Waals surface area (Å²) in [6.45, 7) is 4.52. The van der Waals surface area contributed by atoms with Gasteiger partial charge in [-0.3, -0.25) is 4.79 Å². The Bertz CT molecular complexity index is 869. The number of para-hydroxylation sites is 1. The van der Waals surface area contributed by atoms with Crippen molar-refractivity contribution in [2.24, 2.45) is 0 Å². The lowest BCUT2D eigenvalue weighted by Gasteiger charge is -2.28. The van der Waals surface area contributed by atoms with Crippen LogP contribution in [0.25, 0.3) is 0 Å². The smallest absolute Gasteiger partial charge is 0.265 e. The van der Waals surface area contributed by atoms with Crippen molar-refractivity contribution >= 4 is 33.0 Å². The normalized spacial score (nSPS) is 16.7. The zero-order valence-corrected chi connectivity index (χ0v) is 15.9. The van der Waals surface area contributed by atoms with E-state index in [1.54, 1.807) is 5.38 Å². The monoisotopic (exact) mass is 380 g/mol. The van der Waals surface area contributed by atoms with Gasteiger partial charge in [-0.05, 0) is 24.6 Å². The number of anilines is 1. The van der Waals surface area contributed by atoms with Crippen LogP contribution in [0.4, 0.5) is 5.69 Å². The predicted octanol–water partition coefficient (Wildman–Crippen LogP) is 0.828. The highest BCUT2D eigenvalue weighted by atomic mass is 32.2. The van der Waals surface area contributed by atoms with Crippen molar-refractivity contribution in [3.05, 3.63) is 46.2 Å². The highest BCUT2D eigenvalue weighted by Gasteiger charge is 2.30. The number of sulfonamides is 1. The zero-order valence-electron chi connectivity index (χ0n) is 14.3. The molecule has 0 saturated carbocycles. The molecular formula is C17H22N3O3S2+. The molecule has 0 unspecified atom stereocenters. The maximum absolute atomic E-state index is 12.7. The van der Waals surface area contributed by atoms with Crippen LogP contribution in [0.1, 0.15) is 15.2 Å². The SMILES string of the molecule is Cc1ccccc1NC(=O)c1cc(S(=O)(=O)N2CC[NH+](C)CC2)cs1. The molecule has 3 rings (SSSR count). The molecule has 2 N–H and O–H groups in total. The lowest BCUT2D eigenvalue weighted by molar-refractivity contribution is -0.883. The van der Waals surface area contributed by atoms with E-state index in [1.165, 1.54) is 15.3 Å². The standard InChI is InChI=1S/C17H21N3O3S2/c1-13-5-3-4-6-15(13)18-17(21)16-11-14(12-24-16)25(22,23)20-9-7-19(2)8-10-20/h3-6,11-12H,7-10H2,1-2H3,(H,18,21)/p+1. The fourth-order valence-electron chi connectivity index (χ4n) is 2.73. The van der Waals surface area contributed by atoms with E-state index in [9.17, 15) is 13.2 Å². The predicted molar refractivity (Wildman–Crippen MR) is 98.8 cm³/mol. The summed E-state index contributed by atoms with van der Waals surface area (Å²) in [6, 6.07) is 8.96. The minimum Gasteiger partial charge on any atom is -0.335 e. The van der Waals surface area contributed by atoms with E-state index in [-0.39, 0.29) is 10.8 Å². The zero-order chi connectivity index (χ0) is 18.0. The van der Waals surface area contributed by atoms with Gasteiger partial charge in [-0.2, -0.15) is 4.31 Å². The van der Waals surface area contributed by atoms with Crippen LogP contribution >= 0.6 is 11.3 Å². The number of amides is 1. The van der Waals surface area contributed by atoms with Crippen molar-refractivity contribution in [3.8, 4) is 0 Å². The summed E-state index contributed by atoms with van der Waals surface area (Å²) in [6.07, 6.45) is 0. The number of carbonyl (C=O) groups excluding carboxylic acids is 1. The molecule has 8 heteroatoms. The van der Waals surface area contributed by atoms with Crippen LogP contribution in [-0.2, 0) is 10.0 Å². The molecule has 1 aliphatic heterocycles. The van der Waals surface area contributed by atoms with Crippen LogP contribution in [0.15, 0.2) is 40.6 Å². The molecule has 1 aromatic carbocycles. The van der Waals surface area contributed by atoms with Gasteiger partial charge in [0.25, 0.3) is 5.91 Å². The van der Waals surface area contributed by atoms with Crippen molar-refractivity contribution in [2.45, 2.75) is 11.8 Å². The second-order valence-corrected chi connectivity index (χ2v) is 9.13. The van der Waals surface area contributed by atoms with Gasteiger partial charge in [-0.25, -0.2) is 8.42 Å². The van der Waals surface area contributed by atoms with E-state index >= 15 is 0 Å². The summed E-state index contributed by atoms with van der Waals surface area (Å²) < 4.78 is 27.0. The van der Waals surface area contributed by atoms with Gasteiger partial charge >= 0.3 is 0 Å². The van der Waals surface area contributed by atoms with Gasteiger partial charge < -0.3 is 10.2 Å². The van der Waals surface area contributed by atoms with Gasteiger partial charge in [-0.1, -0.05) is 18.2 Å². The molecule has 1 aliphatic rings. The van der Waals surface area contributed by atoms with Crippen LogP contribution < -0.4 is 10.2 Å². The number of thiophene rings is 1. The van der Waals surface area contributed by atoms with Crippen LogP contribution in [-0.4, -0.2) is 51.9 Å². The van der Waals surface area contributed by atoms with E-state index in [2.05, 4.69) is 12.4 Å². The Labute approximate surface area is 152 Å². The Morgan fingerprint density at radius 3 is 2.60 bits per heavy atom. The minimum absolute atomic E-state index is 0.201. The van der Waals surface area contributed by atoms with Gasteiger partial charge in [0.2, 0.25) is 10.0 Å². The number of aryl methyl sites for hydroxylation is 1. The third kappa shape index (κ3) is 3.92. The van der Waals surface area contributed by atoms with E-state index in [4.69, 9.17) is 0 Å². The van der Waals surface area contributed by atoms with E-state index < -0.39 is 10.0 Å². The first-order chi connectivity index (χ1) is 11.9. The first kappa shape index (κ1) is 18.1. The number of hydrogen-bond acceptors (Lipinski definition) is 4. The molecule has 0 bridgehead atoms. The number of nitrogens with zero attached hydrogens (tertiary/aromatic N) is 1. The molecule has 2 aromatic rings. The second kappa shape index (κ2) is 7.25. The Kier molecular flexibility index (Phi) is 5.24. The lowest BCUT2D eigenvalue weighted by Crippen LogP contribution is -3.12. The van der Waals surface area contributed by atoms with Crippen LogP contribution in [0.3, 0.4) is 0 Å². The molecule has 6 nitrogen and oxygen atoms in total. The highest BCUT2D eigenvalue weighted by Crippen LogP contribution is 2.24. The molecule has 0 radical (unpaired) electrons.